The molecular weight excluding hydrogens is 709 g/mol. The van der Waals surface area contributed by atoms with E-state index in [-0.39, 0.29) is 16.2 Å². The van der Waals surface area contributed by atoms with Gasteiger partial charge in [0.1, 0.15) is 0 Å². The van der Waals surface area contributed by atoms with Gasteiger partial charge in [0.15, 0.2) is 49.6 Å². The van der Waals surface area contributed by atoms with Crippen LogP contribution in [0, 0.1) is 10.8 Å². The number of H-pyrrole nitrogens is 4. The third kappa shape index (κ3) is 9.08. The summed E-state index contributed by atoms with van der Waals surface area (Å²) in [5.41, 5.74) is -2.88. The first kappa shape index (κ1) is 39.1. The molecular formula is C44H34N6O6. The average Bonchev–Trinajstić information content (AvgIpc) is 3.25. The lowest BCUT2D eigenvalue weighted by atomic mass is 9.81. The Balaban J connectivity index is 0.000000198. The molecule has 12 heteroatoms. The largest absolute Gasteiger partial charge is 0.859 e. The smallest absolute Gasteiger partial charge is 0.166 e. The van der Waals surface area contributed by atoms with Crippen molar-refractivity contribution in [1.82, 2.24) is 0 Å². The summed E-state index contributed by atoms with van der Waals surface area (Å²) in [6.45, 7) is 0. The summed E-state index contributed by atoms with van der Waals surface area (Å²) in [5.74, 6) is -6.55. The van der Waals surface area contributed by atoms with Crippen molar-refractivity contribution in [2.24, 2.45) is 0 Å². The molecule has 0 radical (unpaired) electrons. The van der Waals surface area contributed by atoms with E-state index in [1.54, 1.807) is 24.3 Å². The number of carbonyl (C=O) groups excluding carboxylic acids is 2. The number of carboxylic acid groups (broad SMARTS) is 2. The van der Waals surface area contributed by atoms with Gasteiger partial charge in [0.25, 0.3) is 0 Å². The second-order valence-corrected chi connectivity index (χ2v) is 11.7. The number of aromatic amines is 4. The quantitative estimate of drug-likeness (QED) is 0.118. The van der Waals surface area contributed by atoms with E-state index >= 15 is 0 Å². The molecule has 0 bridgehead atoms. The minimum absolute atomic E-state index is 0.0444. The second-order valence-electron chi connectivity index (χ2n) is 11.7. The topological polar surface area (TPSA) is 231 Å². The van der Waals surface area contributed by atoms with Crippen molar-refractivity contribution in [3.05, 3.63) is 193 Å². The highest BCUT2D eigenvalue weighted by Crippen LogP contribution is 2.45. The number of hydrogen-bond donors (Lipinski definition) is 2. The van der Waals surface area contributed by atoms with Gasteiger partial charge >= 0.3 is 0 Å². The molecule has 6 N–H and O–H groups in total. The van der Waals surface area contributed by atoms with Crippen LogP contribution in [-0.2, 0) is 0 Å². The summed E-state index contributed by atoms with van der Waals surface area (Å²) in [6.07, 6.45) is 15.0. The summed E-state index contributed by atoms with van der Waals surface area (Å²) >= 11 is 0. The first-order chi connectivity index (χ1) is 27.2. The molecule has 9 aromatic rings. The van der Waals surface area contributed by atoms with Crippen LogP contribution < -0.4 is 40.4 Å². The highest BCUT2D eigenvalue weighted by Gasteiger charge is 2.25. The van der Waals surface area contributed by atoms with Crippen molar-refractivity contribution in [1.29, 1.82) is 10.8 Å². The predicted octanol–water partition coefficient (Wildman–Crippen LogP) is 1.84. The zero-order chi connectivity index (χ0) is 39.9. The van der Waals surface area contributed by atoms with Crippen molar-refractivity contribution in [3.63, 3.8) is 0 Å². The number of rotatable bonds is 4. The van der Waals surface area contributed by atoms with Crippen molar-refractivity contribution in [2.75, 3.05) is 0 Å². The minimum atomic E-state index is -1.94. The zero-order valence-corrected chi connectivity index (χ0v) is 29.6. The molecule has 4 aromatic heterocycles. The molecule has 0 amide bonds. The molecule has 0 spiro atoms. The highest BCUT2D eigenvalue weighted by molar-refractivity contribution is 6.40. The maximum absolute atomic E-state index is 12.4. The molecule has 9 rings (SSSR count). The van der Waals surface area contributed by atoms with Crippen molar-refractivity contribution >= 4 is 66.8 Å². The van der Waals surface area contributed by atoms with Crippen LogP contribution in [0.5, 0.6) is 0 Å². The van der Waals surface area contributed by atoms with Crippen LogP contribution >= 0.6 is 0 Å². The molecule has 0 atom stereocenters. The second kappa shape index (κ2) is 19.1. The van der Waals surface area contributed by atoms with Gasteiger partial charge in [0, 0.05) is 76.2 Å². The van der Waals surface area contributed by atoms with Gasteiger partial charge in [-0.05, 0) is 49.5 Å². The van der Waals surface area contributed by atoms with Crippen LogP contribution in [0.2, 0.25) is 0 Å². The fourth-order valence-corrected chi connectivity index (χ4v) is 6.09. The van der Waals surface area contributed by atoms with Gasteiger partial charge < -0.3 is 40.8 Å². The van der Waals surface area contributed by atoms with Crippen LogP contribution in [0.25, 0.3) is 43.1 Å². The van der Waals surface area contributed by atoms with E-state index < -0.39 is 46.0 Å². The lowest BCUT2D eigenvalue weighted by molar-refractivity contribution is -0.378. The van der Waals surface area contributed by atoms with Crippen molar-refractivity contribution < 1.29 is 50.0 Å². The molecule has 12 nitrogen and oxygen atoms in total. The molecule has 0 aliphatic rings. The monoisotopic (exact) mass is 742 g/mol. The van der Waals surface area contributed by atoms with Crippen molar-refractivity contribution in [3.8, 4) is 0 Å². The van der Waals surface area contributed by atoms with Crippen LogP contribution in [0.15, 0.2) is 171 Å². The number of aromatic nitrogens is 4. The van der Waals surface area contributed by atoms with Gasteiger partial charge in [-0.1, -0.05) is 72.8 Å². The van der Waals surface area contributed by atoms with E-state index in [1.165, 1.54) is 6.07 Å². The van der Waals surface area contributed by atoms with E-state index in [4.69, 9.17) is 10.8 Å². The molecule has 0 saturated carbocycles. The third-order valence-electron chi connectivity index (χ3n) is 8.23. The standard InChI is InChI=1S/C24H14N2O6.4C5H5N/c25-21(27)18-16-12-6-2-4-9-3-1-5-10(14(9)12)11-7-8-13(23(29)30)17(15(11)16)20(24(31)32)19(18)22(26)28;4*1-2-4-6-5-3-1/h1-8H,(H2,25,27)(H2,26,28)(H,29,30)(H,31,32);4*1-5H. The molecule has 0 saturated heterocycles. The molecule has 276 valence electrons. The number of carboxylic acids is 2. The van der Waals surface area contributed by atoms with Gasteiger partial charge in [0.05, 0.1) is 11.9 Å². The number of hydrogen-bond acceptors (Lipinski definition) is 8. The van der Waals surface area contributed by atoms with Crippen LogP contribution in [0.3, 0.4) is 0 Å². The molecule has 0 aliphatic carbocycles. The predicted molar refractivity (Wildman–Crippen MR) is 202 cm³/mol. The Hall–Kier alpha value is -8.12. The minimum Gasteiger partial charge on any atom is -0.859 e. The summed E-state index contributed by atoms with van der Waals surface area (Å²) in [6, 6.07) is 36.6. The number of carbonyl (C=O) groups is 2. The van der Waals surface area contributed by atoms with E-state index in [1.807, 2.05) is 135 Å². The summed E-state index contributed by atoms with van der Waals surface area (Å²) in [7, 11) is 0. The maximum Gasteiger partial charge on any atom is 0.166 e. The zero-order valence-electron chi connectivity index (χ0n) is 29.6. The number of fused-ring (bicyclic) bond motifs is 2. The van der Waals surface area contributed by atoms with Gasteiger partial charge in [-0.25, -0.2) is 19.9 Å². The fraction of sp³-hybridized carbons (Fsp3) is 0. The average molecular weight is 743 g/mol. The van der Waals surface area contributed by atoms with E-state index in [0.29, 0.717) is 21.5 Å². The van der Waals surface area contributed by atoms with E-state index in [0.717, 1.165) is 11.5 Å². The van der Waals surface area contributed by atoms with Gasteiger partial charge in [-0.3, -0.25) is 0 Å². The van der Waals surface area contributed by atoms with Crippen molar-refractivity contribution in [2.45, 2.75) is 0 Å². The molecule has 5 aromatic carbocycles. The Bertz CT molecular complexity index is 2460. The Kier molecular flexibility index (Phi) is 13.3. The number of nitrogens with one attached hydrogen (secondary N) is 6. The maximum atomic E-state index is 12.4. The first-order valence-corrected chi connectivity index (χ1v) is 17.0. The Labute approximate surface area is 320 Å². The number of pyridine rings is 4. The lowest BCUT2D eigenvalue weighted by Gasteiger charge is -2.28. The Morgan fingerprint density at radius 2 is 0.786 bits per heavy atom. The molecule has 0 fully saturated rings. The van der Waals surface area contributed by atoms with Gasteiger partial charge in [0.2, 0.25) is 0 Å². The van der Waals surface area contributed by atoms with Gasteiger partial charge in [-0.2, -0.15) is 0 Å². The SMILES string of the molecule is N=C([O-])c1c(C(=O)[O-])c2c(C(=O)[O-])ccc3c4cccc5cccc(c(c1C(=N)[O-])c23)c54.c1cc[nH+]cc1.c1cc[nH+]cc1.c1cc[nH+]cc1.c1cc[nH+]cc1. The van der Waals surface area contributed by atoms with Crippen LogP contribution in [-0.4, -0.2) is 23.7 Å². The molecule has 4 heterocycles. The third-order valence-corrected chi connectivity index (χ3v) is 8.23. The van der Waals surface area contributed by atoms with E-state index in [2.05, 4.69) is 19.9 Å². The molecule has 0 unspecified atom stereocenters. The van der Waals surface area contributed by atoms with E-state index in [9.17, 15) is 30.0 Å². The molecule has 0 aliphatic heterocycles. The highest BCUT2D eigenvalue weighted by atomic mass is 16.4. The number of benzene rings is 5. The number of aromatic carboxylic acids is 2. The molecule has 56 heavy (non-hydrogen) atoms. The van der Waals surface area contributed by atoms with Crippen LogP contribution in [0.1, 0.15) is 31.8 Å². The van der Waals surface area contributed by atoms with Crippen LogP contribution in [0.4, 0.5) is 0 Å². The summed E-state index contributed by atoms with van der Waals surface area (Å²) in [4.78, 5) is 35.6. The normalized spacial score (nSPS) is 10.0. The summed E-state index contributed by atoms with van der Waals surface area (Å²) in [5, 5.41) is 66.9. The summed E-state index contributed by atoms with van der Waals surface area (Å²) < 4.78 is 0. The Morgan fingerprint density at radius 3 is 1.12 bits per heavy atom. The Morgan fingerprint density at radius 1 is 0.375 bits per heavy atom. The van der Waals surface area contributed by atoms with Gasteiger partial charge in [-0.15, -0.1) is 0 Å². The fourth-order valence-electron chi connectivity index (χ4n) is 6.09. The lowest BCUT2D eigenvalue weighted by Crippen LogP contribution is -2.33. The first-order valence-electron chi connectivity index (χ1n) is 17.0.